The van der Waals surface area contributed by atoms with E-state index >= 15 is 0 Å². The molecule has 0 aromatic rings. The molecule has 2 atom stereocenters. The van der Waals surface area contributed by atoms with E-state index in [0.29, 0.717) is 5.92 Å². The van der Waals surface area contributed by atoms with Crippen LogP contribution in [0, 0.1) is 5.92 Å². The fourth-order valence-corrected chi connectivity index (χ4v) is 0.550. The monoisotopic (exact) mass is 164 g/mol. The molecule has 0 saturated carbocycles. The van der Waals surface area contributed by atoms with Crippen molar-refractivity contribution in [1.29, 1.82) is 0 Å². The normalized spacial score (nSPS) is 17.4. The van der Waals surface area contributed by atoms with Crippen LogP contribution in [0.15, 0.2) is 0 Å². The molecule has 0 spiro atoms. The van der Waals surface area contributed by atoms with Crippen LogP contribution in [0.4, 0.5) is 0 Å². The number of alkyl halides is 1. The number of hydrogen-bond acceptors (Lipinski definition) is 1. The van der Waals surface area contributed by atoms with Crippen molar-refractivity contribution in [3.63, 3.8) is 0 Å². The van der Waals surface area contributed by atoms with Crippen molar-refractivity contribution in [3.05, 3.63) is 0 Å². The second kappa shape index (κ2) is 4.97. The molecule has 0 aliphatic carbocycles. The molecule has 2 unspecified atom stereocenters. The van der Waals surface area contributed by atoms with Gasteiger partial charge in [-0.1, -0.05) is 13.8 Å². The molecule has 0 heterocycles. The topological polar surface area (TPSA) is 9.23 Å². The molecule has 10 heavy (non-hydrogen) atoms. The van der Waals surface area contributed by atoms with E-state index in [1.165, 1.54) is 0 Å². The van der Waals surface area contributed by atoms with E-state index in [-0.39, 0.29) is 11.5 Å². The average Bonchev–Trinajstić information content (AvgIpc) is 1.82. The van der Waals surface area contributed by atoms with Gasteiger partial charge >= 0.3 is 0 Å². The van der Waals surface area contributed by atoms with E-state index in [1.807, 2.05) is 13.8 Å². The van der Waals surface area contributed by atoms with Crippen LogP contribution >= 0.6 is 11.6 Å². The first kappa shape index (κ1) is 10.2. The molecule has 0 aromatic heterocycles. The lowest BCUT2D eigenvalue weighted by atomic mass is 10.2. The van der Waals surface area contributed by atoms with Gasteiger partial charge in [-0.15, -0.1) is 11.6 Å². The highest BCUT2D eigenvalue weighted by Gasteiger charge is 2.08. The Bertz CT molecular complexity index is 81.3. The Labute approximate surface area is 68.7 Å². The van der Waals surface area contributed by atoms with Crippen molar-refractivity contribution in [1.82, 2.24) is 0 Å². The van der Waals surface area contributed by atoms with Crippen LogP contribution in [0.1, 0.15) is 27.7 Å². The van der Waals surface area contributed by atoms with Gasteiger partial charge in [0.05, 0.1) is 11.5 Å². The first-order chi connectivity index (χ1) is 4.54. The maximum atomic E-state index is 5.79. The van der Waals surface area contributed by atoms with E-state index in [1.54, 1.807) is 0 Å². The fourth-order valence-electron chi connectivity index (χ4n) is 0.477. The minimum atomic E-state index is 0.110. The minimum Gasteiger partial charge on any atom is -0.377 e. The summed E-state index contributed by atoms with van der Waals surface area (Å²) in [5.41, 5.74) is 0. The first-order valence-corrected chi connectivity index (χ1v) is 4.23. The molecule has 1 nitrogen and oxygen atoms in total. The molecule has 0 bridgehead atoms. The van der Waals surface area contributed by atoms with Crippen LogP contribution in [0.2, 0.25) is 0 Å². The van der Waals surface area contributed by atoms with Crippen molar-refractivity contribution in [2.45, 2.75) is 39.2 Å². The highest BCUT2D eigenvalue weighted by atomic mass is 35.5. The Morgan fingerprint density at radius 1 is 1.20 bits per heavy atom. The summed E-state index contributed by atoms with van der Waals surface area (Å²) < 4.78 is 5.43. The van der Waals surface area contributed by atoms with Crippen LogP contribution < -0.4 is 0 Å². The van der Waals surface area contributed by atoms with Gasteiger partial charge in [0.2, 0.25) is 0 Å². The van der Waals surface area contributed by atoms with Crippen molar-refractivity contribution >= 4 is 11.6 Å². The fraction of sp³-hybridized carbons (Fsp3) is 1.00. The summed E-state index contributed by atoms with van der Waals surface area (Å²) in [5, 5.41) is 0.110. The first-order valence-electron chi connectivity index (χ1n) is 3.79. The summed E-state index contributed by atoms with van der Waals surface area (Å²) >= 11 is 5.79. The zero-order valence-electron chi connectivity index (χ0n) is 7.23. The lowest BCUT2D eigenvalue weighted by Crippen LogP contribution is -2.20. The van der Waals surface area contributed by atoms with Gasteiger partial charge in [-0.25, -0.2) is 0 Å². The second-order valence-corrected chi connectivity index (χ2v) is 3.80. The smallest absolute Gasteiger partial charge is 0.0707 e. The summed E-state index contributed by atoms with van der Waals surface area (Å²) in [5.74, 6) is 0.595. The predicted octanol–water partition coefficient (Wildman–Crippen LogP) is 2.67. The van der Waals surface area contributed by atoms with Gasteiger partial charge in [0.25, 0.3) is 0 Å². The molecule has 0 saturated heterocycles. The zero-order chi connectivity index (χ0) is 8.15. The summed E-state index contributed by atoms with van der Waals surface area (Å²) in [7, 11) is 0. The number of hydrogen-bond donors (Lipinski definition) is 0. The lowest BCUT2D eigenvalue weighted by Gasteiger charge is -2.16. The van der Waals surface area contributed by atoms with Crippen LogP contribution in [-0.2, 0) is 4.74 Å². The quantitative estimate of drug-likeness (QED) is 0.581. The third-order valence-electron chi connectivity index (χ3n) is 1.34. The summed E-state index contributed by atoms with van der Waals surface area (Å²) in [6, 6.07) is 0. The largest absolute Gasteiger partial charge is 0.377 e. The Morgan fingerprint density at radius 3 is 2.00 bits per heavy atom. The molecular formula is C8H17ClO. The Morgan fingerprint density at radius 2 is 1.70 bits per heavy atom. The molecule has 2 heteroatoms. The highest BCUT2D eigenvalue weighted by molar-refractivity contribution is 6.20. The molecule has 0 radical (unpaired) electrons. The SMILES string of the molecule is CC(C)COC(C)C(C)Cl. The average molecular weight is 165 g/mol. The Hall–Kier alpha value is 0.250. The number of rotatable bonds is 4. The van der Waals surface area contributed by atoms with Crippen LogP contribution in [0.25, 0.3) is 0 Å². The zero-order valence-corrected chi connectivity index (χ0v) is 7.98. The van der Waals surface area contributed by atoms with Gasteiger partial charge in [0, 0.05) is 6.61 Å². The van der Waals surface area contributed by atoms with Gasteiger partial charge in [-0.3, -0.25) is 0 Å². The van der Waals surface area contributed by atoms with Crippen molar-refractivity contribution in [2.75, 3.05) is 6.61 Å². The highest BCUT2D eigenvalue weighted by Crippen LogP contribution is 2.06. The number of halogens is 1. The summed E-state index contributed by atoms with van der Waals surface area (Å²) in [6.07, 6.45) is 0.170. The van der Waals surface area contributed by atoms with E-state index in [0.717, 1.165) is 6.61 Å². The van der Waals surface area contributed by atoms with E-state index < -0.39 is 0 Å². The molecule has 0 aliphatic heterocycles. The molecule has 0 fully saturated rings. The van der Waals surface area contributed by atoms with Crippen LogP contribution in [-0.4, -0.2) is 18.1 Å². The maximum absolute atomic E-state index is 5.79. The molecule has 0 rings (SSSR count). The van der Waals surface area contributed by atoms with Crippen molar-refractivity contribution < 1.29 is 4.74 Å². The maximum Gasteiger partial charge on any atom is 0.0707 e. The van der Waals surface area contributed by atoms with Crippen LogP contribution in [0.5, 0.6) is 0 Å². The molecule has 62 valence electrons. The summed E-state index contributed by atoms with van der Waals surface area (Å²) in [6.45, 7) is 9.02. The van der Waals surface area contributed by atoms with Crippen molar-refractivity contribution in [3.8, 4) is 0 Å². The third kappa shape index (κ3) is 5.07. The van der Waals surface area contributed by atoms with E-state index in [2.05, 4.69) is 13.8 Å². The minimum absolute atomic E-state index is 0.110. The van der Waals surface area contributed by atoms with Gasteiger partial charge in [0.1, 0.15) is 0 Å². The Balaban J connectivity index is 3.30. The Kier molecular flexibility index (Phi) is 5.10. The molecule has 0 N–H and O–H groups in total. The van der Waals surface area contributed by atoms with E-state index in [9.17, 15) is 0 Å². The summed E-state index contributed by atoms with van der Waals surface area (Å²) in [4.78, 5) is 0. The number of ether oxygens (including phenoxy) is 1. The second-order valence-electron chi connectivity index (χ2n) is 3.11. The molecule has 0 amide bonds. The van der Waals surface area contributed by atoms with Crippen LogP contribution in [0.3, 0.4) is 0 Å². The molecule has 0 aromatic carbocycles. The van der Waals surface area contributed by atoms with Crippen molar-refractivity contribution in [2.24, 2.45) is 5.92 Å². The molecule has 0 aliphatic rings. The van der Waals surface area contributed by atoms with Gasteiger partial charge in [0.15, 0.2) is 0 Å². The van der Waals surface area contributed by atoms with Gasteiger partial charge in [-0.05, 0) is 19.8 Å². The standard InChI is InChI=1S/C8H17ClO/c1-6(2)5-10-8(4)7(3)9/h6-8H,5H2,1-4H3. The van der Waals surface area contributed by atoms with Gasteiger partial charge < -0.3 is 4.74 Å². The predicted molar refractivity (Wildman–Crippen MR) is 45.6 cm³/mol. The lowest BCUT2D eigenvalue weighted by molar-refractivity contribution is 0.0477. The molecular weight excluding hydrogens is 148 g/mol. The van der Waals surface area contributed by atoms with Gasteiger partial charge in [-0.2, -0.15) is 0 Å². The third-order valence-corrected chi connectivity index (χ3v) is 1.69. The van der Waals surface area contributed by atoms with E-state index in [4.69, 9.17) is 16.3 Å².